The number of nitrogens with one attached hydrogen (secondary N) is 2. The first-order valence-electron chi connectivity index (χ1n) is 9.21. The quantitative estimate of drug-likeness (QED) is 0.669. The summed E-state index contributed by atoms with van der Waals surface area (Å²) >= 11 is 5.83. The Hall–Kier alpha value is -2.05. The summed E-state index contributed by atoms with van der Waals surface area (Å²) in [6.45, 7) is 10.0. The fraction of sp³-hybridized carbons (Fsp3) is 0.381. The van der Waals surface area contributed by atoms with Gasteiger partial charge in [0.25, 0.3) is 15.9 Å². The normalized spacial score (nSPS) is 11.9. The van der Waals surface area contributed by atoms with Crippen LogP contribution in [-0.2, 0) is 10.0 Å². The molecule has 0 bridgehead atoms. The molecule has 0 unspecified atom stereocenters. The lowest BCUT2D eigenvalue weighted by Crippen LogP contribution is -2.42. The number of carbonyl (C=O) groups excluding carboxylic acids is 1. The highest BCUT2D eigenvalue weighted by molar-refractivity contribution is 7.92. The van der Waals surface area contributed by atoms with Crippen LogP contribution >= 0.6 is 11.6 Å². The molecule has 2 rings (SSSR count). The van der Waals surface area contributed by atoms with E-state index in [1.165, 1.54) is 24.3 Å². The van der Waals surface area contributed by atoms with E-state index in [-0.39, 0.29) is 28.7 Å². The average molecular weight is 423 g/mol. The molecule has 2 aromatic rings. The van der Waals surface area contributed by atoms with Gasteiger partial charge in [-0.15, -0.1) is 0 Å². The molecule has 1 amide bonds. The standard InChI is InChI=1S/C21H27ClN2O3S/c1-13(2)20(14(3)4)23-21(25)16-7-6-15(5)19(12-16)24-28(26,27)18-10-8-17(22)9-11-18/h6-14,20,24H,1-5H3,(H,23,25). The Morgan fingerprint density at radius 1 is 0.964 bits per heavy atom. The molecule has 0 fully saturated rings. The fourth-order valence-electron chi connectivity index (χ4n) is 3.03. The van der Waals surface area contributed by atoms with Gasteiger partial charge in [-0.1, -0.05) is 45.4 Å². The molecule has 0 radical (unpaired) electrons. The summed E-state index contributed by atoms with van der Waals surface area (Å²) in [5, 5.41) is 3.51. The van der Waals surface area contributed by atoms with Gasteiger partial charge < -0.3 is 5.32 Å². The maximum atomic E-state index is 12.7. The molecule has 2 N–H and O–H groups in total. The third-order valence-electron chi connectivity index (χ3n) is 4.60. The third kappa shape index (κ3) is 5.49. The predicted molar refractivity (Wildman–Crippen MR) is 114 cm³/mol. The first-order chi connectivity index (χ1) is 13.0. The van der Waals surface area contributed by atoms with Crippen LogP contribution in [-0.4, -0.2) is 20.4 Å². The summed E-state index contributed by atoms with van der Waals surface area (Å²) in [5.74, 6) is 0.355. The van der Waals surface area contributed by atoms with E-state index >= 15 is 0 Å². The highest BCUT2D eigenvalue weighted by Gasteiger charge is 2.21. The Bertz CT molecular complexity index is 931. The van der Waals surface area contributed by atoms with Crippen molar-refractivity contribution in [3.63, 3.8) is 0 Å². The number of aryl methyl sites for hydroxylation is 1. The monoisotopic (exact) mass is 422 g/mol. The number of halogens is 1. The smallest absolute Gasteiger partial charge is 0.261 e. The predicted octanol–water partition coefficient (Wildman–Crippen LogP) is 4.86. The number of hydrogen-bond donors (Lipinski definition) is 2. The molecule has 5 nitrogen and oxygen atoms in total. The topological polar surface area (TPSA) is 75.3 Å². The van der Waals surface area contributed by atoms with Crippen LogP contribution in [0.5, 0.6) is 0 Å². The number of anilines is 1. The Morgan fingerprint density at radius 3 is 2.07 bits per heavy atom. The van der Waals surface area contributed by atoms with Crippen molar-refractivity contribution in [3.8, 4) is 0 Å². The first kappa shape index (κ1) is 22.2. The molecule has 0 aliphatic heterocycles. The molecule has 0 aliphatic carbocycles. The number of rotatable bonds is 7. The van der Waals surface area contributed by atoms with Crippen molar-refractivity contribution in [3.05, 3.63) is 58.6 Å². The molecule has 0 atom stereocenters. The van der Waals surface area contributed by atoms with Gasteiger partial charge in [0.15, 0.2) is 0 Å². The number of benzene rings is 2. The summed E-state index contributed by atoms with van der Waals surface area (Å²) in [5.41, 5.74) is 1.50. The maximum absolute atomic E-state index is 12.7. The van der Waals surface area contributed by atoms with Crippen molar-refractivity contribution in [1.29, 1.82) is 0 Å². The lowest BCUT2D eigenvalue weighted by Gasteiger charge is -2.26. The molecule has 7 heteroatoms. The molecular weight excluding hydrogens is 396 g/mol. The van der Waals surface area contributed by atoms with Crippen LogP contribution in [0.1, 0.15) is 43.6 Å². The van der Waals surface area contributed by atoms with E-state index in [4.69, 9.17) is 11.6 Å². The summed E-state index contributed by atoms with van der Waals surface area (Å²) in [7, 11) is -3.79. The van der Waals surface area contributed by atoms with Crippen molar-refractivity contribution in [1.82, 2.24) is 5.32 Å². The van der Waals surface area contributed by atoms with Crippen LogP contribution in [0.15, 0.2) is 47.4 Å². The Kier molecular flexibility index (Phi) is 7.12. The van der Waals surface area contributed by atoms with E-state index in [1.807, 2.05) is 0 Å². The number of carbonyl (C=O) groups is 1. The van der Waals surface area contributed by atoms with E-state index < -0.39 is 10.0 Å². The van der Waals surface area contributed by atoms with E-state index in [0.29, 0.717) is 16.3 Å². The zero-order chi connectivity index (χ0) is 21.1. The first-order valence-corrected chi connectivity index (χ1v) is 11.1. The van der Waals surface area contributed by atoms with Crippen LogP contribution in [0, 0.1) is 18.8 Å². The third-order valence-corrected chi connectivity index (χ3v) is 6.24. The van der Waals surface area contributed by atoms with Gasteiger partial charge in [0.1, 0.15) is 0 Å². The number of sulfonamides is 1. The van der Waals surface area contributed by atoms with Crippen LogP contribution in [0.2, 0.25) is 5.02 Å². The summed E-state index contributed by atoms with van der Waals surface area (Å²) in [6, 6.07) is 10.9. The van der Waals surface area contributed by atoms with E-state index in [1.54, 1.807) is 25.1 Å². The van der Waals surface area contributed by atoms with Crippen molar-refractivity contribution in [2.75, 3.05) is 4.72 Å². The van der Waals surface area contributed by atoms with E-state index in [9.17, 15) is 13.2 Å². The van der Waals surface area contributed by atoms with Gasteiger partial charge in [0, 0.05) is 16.6 Å². The highest BCUT2D eigenvalue weighted by atomic mass is 35.5. The van der Waals surface area contributed by atoms with Gasteiger partial charge in [-0.05, 0) is 60.7 Å². The minimum atomic E-state index is -3.79. The largest absolute Gasteiger partial charge is 0.349 e. The highest BCUT2D eigenvalue weighted by Crippen LogP contribution is 2.23. The second-order valence-corrected chi connectivity index (χ2v) is 9.70. The van der Waals surface area contributed by atoms with Crippen LogP contribution in [0.4, 0.5) is 5.69 Å². The zero-order valence-electron chi connectivity index (χ0n) is 16.8. The summed E-state index contributed by atoms with van der Waals surface area (Å²) in [4.78, 5) is 12.8. The van der Waals surface area contributed by atoms with Gasteiger partial charge in [-0.3, -0.25) is 9.52 Å². The molecule has 152 valence electrons. The van der Waals surface area contributed by atoms with Crippen LogP contribution in [0.3, 0.4) is 0 Å². The Labute approximate surface area is 172 Å². The van der Waals surface area contributed by atoms with Crippen molar-refractivity contribution >= 4 is 33.2 Å². The number of amides is 1. The Morgan fingerprint density at radius 2 is 1.54 bits per heavy atom. The summed E-state index contributed by atoms with van der Waals surface area (Å²) < 4.78 is 27.9. The molecular formula is C21H27ClN2O3S. The molecule has 0 aliphatic rings. The fourth-order valence-corrected chi connectivity index (χ4v) is 4.28. The lowest BCUT2D eigenvalue weighted by molar-refractivity contribution is 0.0910. The van der Waals surface area contributed by atoms with Gasteiger partial charge in [-0.2, -0.15) is 0 Å². The molecule has 0 aromatic heterocycles. The molecule has 0 saturated carbocycles. The van der Waals surface area contributed by atoms with Crippen LogP contribution in [0.25, 0.3) is 0 Å². The maximum Gasteiger partial charge on any atom is 0.261 e. The minimum absolute atomic E-state index is 0.0306. The molecule has 2 aromatic carbocycles. The summed E-state index contributed by atoms with van der Waals surface area (Å²) in [6.07, 6.45) is 0. The van der Waals surface area contributed by atoms with Crippen molar-refractivity contribution < 1.29 is 13.2 Å². The minimum Gasteiger partial charge on any atom is -0.349 e. The molecule has 0 spiro atoms. The molecule has 0 heterocycles. The zero-order valence-corrected chi connectivity index (χ0v) is 18.4. The lowest BCUT2D eigenvalue weighted by atomic mass is 9.93. The van der Waals surface area contributed by atoms with Crippen molar-refractivity contribution in [2.45, 2.75) is 45.6 Å². The van der Waals surface area contributed by atoms with Gasteiger partial charge >= 0.3 is 0 Å². The second-order valence-electron chi connectivity index (χ2n) is 7.58. The molecule has 28 heavy (non-hydrogen) atoms. The average Bonchev–Trinajstić information content (AvgIpc) is 2.61. The molecule has 0 saturated heterocycles. The van der Waals surface area contributed by atoms with Gasteiger partial charge in [0.05, 0.1) is 10.6 Å². The number of hydrogen-bond acceptors (Lipinski definition) is 3. The van der Waals surface area contributed by atoms with Crippen molar-refractivity contribution in [2.24, 2.45) is 11.8 Å². The second kappa shape index (κ2) is 8.97. The SMILES string of the molecule is Cc1ccc(C(=O)NC(C(C)C)C(C)C)cc1NS(=O)(=O)c1ccc(Cl)cc1. The Balaban J connectivity index is 2.27. The van der Waals surface area contributed by atoms with E-state index in [0.717, 1.165) is 5.56 Å². The van der Waals surface area contributed by atoms with Gasteiger partial charge in [-0.25, -0.2) is 8.42 Å². The van der Waals surface area contributed by atoms with Crippen LogP contribution < -0.4 is 10.0 Å². The van der Waals surface area contributed by atoms with E-state index in [2.05, 4.69) is 37.7 Å². The van der Waals surface area contributed by atoms with Gasteiger partial charge in [0.2, 0.25) is 0 Å².